The number of hydrogen-bond donors (Lipinski definition) is 0. The average molecular weight is 1590 g/mol. The fraction of sp³-hybridized carbons (Fsp3) is 0.0265. The van der Waals surface area contributed by atoms with Crippen molar-refractivity contribution in [2.45, 2.75) is 19.3 Å². The third-order valence-electron chi connectivity index (χ3n) is 26.2. The second kappa shape index (κ2) is 27.9. The van der Waals surface area contributed by atoms with Gasteiger partial charge in [0.1, 0.15) is 0 Å². The number of benzene rings is 17. The van der Waals surface area contributed by atoms with Crippen molar-refractivity contribution in [2.24, 2.45) is 0 Å². The van der Waals surface area contributed by atoms with Crippen molar-refractivity contribution in [3.05, 3.63) is 442 Å². The predicted octanol–water partition coefficient (Wildman–Crippen LogP) is 21.9. The van der Waals surface area contributed by atoms with Gasteiger partial charge in [0.05, 0.1) is 55.9 Å². The van der Waals surface area contributed by atoms with Gasteiger partial charge < -0.3 is 13.7 Å². The Morgan fingerprint density at radius 2 is 0.525 bits per heavy atom. The van der Waals surface area contributed by atoms with E-state index >= 15 is 0 Å². The van der Waals surface area contributed by atoms with E-state index in [1.807, 2.05) is 0 Å². The van der Waals surface area contributed by atoms with E-state index in [4.69, 9.17) is 19.9 Å². The zero-order valence-electron chi connectivity index (χ0n) is 67.1. The van der Waals surface area contributed by atoms with Crippen molar-refractivity contribution in [3.63, 3.8) is 0 Å². The van der Waals surface area contributed by atoms with Crippen molar-refractivity contribution >= 4 is 123 Å². The largest absolute Gasteiger partial charge is 0.309 e. The van der Waals surface area contributed by atoms with Crippen LogP contribution in [0.25, 0.3) is 161 Å². The minimum absolute atomic E-state index is 0.0787. The van der Waals surface area contributed by atoms with Crippen molar-refractivity contribution < 1.29 is 0 Å². The van der Waals surface area contributed by atoms with E-state index in [-0.39, 0.29) is 5.41 Å². The molecule has 0 unspecified atom stereocenters. The fourth-order valence-electron chi connectivity index (χ4n) is 21.1. The molecule has 2 aliphatic heterocycles. The maximum absolute atomic E-state index is 5.68. The zero-order chi connectivity index (χ0) is 80.8. The molecule has 25 rings (SSSR count). The average Bonchev–Trinajstić information content (AvgIpc) is 1.52. The highest BCUT2D eigenvalue weighted by atomic mass is 28.3. The lowest BCUT2D eigenvalue weighted by Gasteiger charge is -2.32. The molecule has 0 saturated heterocycles. The van der Waals surface area contributed by atoms with E-state index in [0.29, 0.717) is 5.82 Å². The van der Waals surface area contributed by atoms with Gasteiger partial charge in [-0.3, -0.25) is 0 Å². The van der Waals surface area contributed by atoms with Gasteiger partial charge in [-0.05, 0) is 132 Å². The van der Waals surface area contributed by atoms with Gasteiger partial charge >= 0.3 is 0 Å². The standard InChI is InChI=1S/C58H38N4Si.C55H39N3Si/c1-5-20-39(21-6-1)55-57-56(47-32-15-18-35-54(47)63(57,43-26-9-3-10-27-43)44-28-11-4-12-29-44)60-58(59-55)40-22-19-25-42(36-40)62-51-34-17-14-31-46(51)49-37-52-48(38-53(49)62)45-30-13-16-33-50(45)61(52)41-23-7-2-8-24-41;1-55(2)46-30-15-12-27-41(46)44-35-49-45(34-47(44)55)42-28-13-16-31-48(42)58(49)38-22-18-21-37(33-38)54-56-51(36-19-6-3-7-20-36)53-52(57-54)43-29-14-17-32-50(43)59(53,39-23-8-4-9-24-39)40-25-10-5-11-26-40/h1-38H;3-35H,1-2H3. The Hall–Kier alpha value is -15.3. The molecule has 0 N–H and O–H groups in total. The van der Waals surface area contributed by atoms with E-state index in [1.165, 1.54) is 129 Å². The van der Waals surface area contributed by atoms with Gasteiger partial charge in [-0.15, -0.1) is 0 Å². The van der Waals surface area contributed by atoms with E-state index in [2.05, 4.69) is 458 Å². The lowest BCUT2D eigenvalue weighted by atomic mass is 9.82. The SMILES string of the molecule is CC1(C)c2ccccc2-c2cc3c(cc21)c1ccccc1n3-c1cccc(-c2nc(-c3ccccc3)c3c(n2)-c2ccccc2[Si]3(c2ccccc2)c2ccccc2)c1.c1ccc(-c2nc(-c3cccc(-n4c5ccccc5c5cc6c(cc54)c4ccccc4n6-c4ccccc4)c3)nc3c2[Si](c2ccccc2)(c2ccccc2)c2ccccc2-3)cc1. The lowest BCUT2D eigenvalue weighted by Crippen LogP contribution is -2.73. The second-order valence-electron chi connectivity index (χ2n) is 33.0. The van der Waals surface area contributed by atoms with Crippen molar-refractivity contribution in [3.8, 4) is 96.0 Å². The molecule has 3 aliphatic rings. The van der Waals surface area contributed by atoms with Gasteiger partial charge in [-0.25, -0.2) is 19.9 Å². The van der Waals surface area contributed by atoms with Crippen LogP contribution >= 0.6 is 0 Å². The normalized spacial score (nSPS) is 13.5. The molecule has 0 radical (unpaired) electrons. The van der Waals surface area contributed by atoms with Gasteiger partial charge in [0, 0.05) is 98.5 Å². The monoisotopic (exact) mass is 1590 g/mol. The highest BCUT2D eigenvalue weighted by Gasteiger charge is 2.54. The summed E-state index contributed by atoms with van der Waals surface area (Å²) in [7, 11) is -5.75. The highest BCUT2D eigenvalue weighted by molar-refractivity contribution is 7.23. The molecule has 7 nitrogen and oxygen atoms in total. The van der Waals surface area contributed by atoms with Crippen LogP contribution in [0.3, 0.4) is 0 Å². The highest BCUT2D eigenvalue weighted by Crippen LogP contribution is 2.52. The van der Waals surface area contributed by atoms with Crippen molar-refractivity contribution in [1.82, 2.24) is 33.6 Å². The molecular formula is C113H77N7Si2. The predicted molar refractivity (Wildman–Crippen MR) is 512 cm³/mol. The van der Waals surface area contributed by atoms with Crippen molar-refractivity contribution in [1.29, 1.82) is 0 Å². The molecule has 5 aromatic heterocycles. The number of para-hydroxylation sites is 4. The van der Waals surface area contributed by atoms with Crippen LogP contribution in [0.5, 0.6) is 0 Å². The minimum Gasteiger partial charge on any atom is -0.309 e. The maximum Gasteiger partial charge on any atom is 0.185 e. The number of rotatable bonds is 11. The molecule has 0 bridgehead atoms. The molecule has 7 heterocycles. The van der Waals surface area contributed by atoms with Gasteiger partial charge in [0.25, 0.3) is 0 Å². The van der Waals surface area contributed by atoms with E-state index in [0.717, 1.165) is 78.9 Å². The van der Waals surface area contributed by atoms with E-state index in [1.54, 1.807) is 0 Å². The number of fused-ring (bicyclic) bond motifs is 18. The third-order valence-corrected chi connectivity index (χ3v) is 36.0. The first-order valence-corrected chi connectivity index (χ1v) is 46.1. The molecule has 17 aromatic carbocycles. The quantitative estimate of drug-likeness (QED) is 0.121. The Bertz CT molecular complexity index is 7880. The smallest absolute Gasteiger partial charge is 0.185 e. The van der Waals surface area contributed by atoms with E-state index in [9.17, 15) is 0 Å². The number of nitrogens with zero attached hydrogens (tertiary/aromatic N) is 7. The Kier molecular flexibility index (Phi) is 16.2. The summed E-state index contributed by atoms with van der Waals surface area (Å²) in [5.74, 6) is 1.44. The van der Waals surface area contributed by atoms with Crippen LogP contribution < -0.4 is 41.5 Å². The van der Waals surface area contributed by atoms with Crippen molar-refractivity contribution in [2.75, 3.05) is 0 Å². The molecule has 122 heavy (non-hydrogen) atoms. The molecule has 0 atom stereocenters. The molecule has 572 valence electrons. The van der Waals surface area contributed by atoms with Crippen LogP contribution in [0.15, 0.2) is 431 Å². The summed E-state index contributed by atoms with van der Waals surface area (Å²) in [6.07, 6.45) is 0. The van der Waals surface area contributed by atoms with Crippen LogP contribution in [0, 0.1) is 0 Å². The Balaban J connectivity index is 0.000000138. The molecule has 0 amide bonds. The van der Waals surface area contributed by atoms with Gasteiger partial charge in [0.2, 0.25) is 0 Å². The van der Waals surface area contributed by atoms with Crippen LogP contribution in [0.4, 0.5) is 0 Å². The van der Waals surface area contributed by atoms with Gasteiger partial charge in [0.15, 0.2) is 27.8 Å². The maximum atomic E-state index is 5.68. The zero-order valence-corrected chi connectivity index (χ0v) is 69.1. The first kappa shape index (κ1) is 70.9. The summed E-state index contributed by atoms with van der Waals surface area (Å²) in [4.78, 5) is 22.7. The molecule has 9 heteroatoms. The van der Waals surface area contributed by atoms with Crippen LogP contribution in [0.2, 0.25) is 0 Å². The lowest BCUT2D eigenvalue weighted by molar-refractivity contribution is 0.661. The number of hydrogen-bond acceptors (Lipinski definition) is 4. The third kappa shape index (κ3) is 10.6. The topological polar surface area (TPSA) is 66.3 Å². The Labute approximate surface area is 708 Å². The first-order valence-electron chi connectivity index (χ1n) is 42.1. The van der Waals surface area contributed by atoms with Crippen LogP contribution in [-0.2, 0) is 5.41 Å². The summed E-state index contributed by atoms with van der Waals surface area (Å²) in [6, 6.07) is 157. The Morgan fingerprint density at radius 1 is 0.213 bits per heavy atom. The van der Waals surface area contributed by atoms with Crippen LogP contribution in [0.1, 0.15) is 25.0 Å². The van der Waals surface area contributed by atoms with Crippen LogP contribution in [-0.4, -0.2) is 49.8 Å². The van der Waals surface area contributed by atoms with Gasteiger partial charge in [-0.1, -0.05) is 366 Å². The molecule has 1 aliphatic carbocycles. The Morgan fingerprint density at radius 3 is 0.951 bits per heavy atom. The molecule has 22 aromatic rings. The molecule has 0 fully saturated rings. The summed E-state index contributed by atoms with van der Waals surface area (Å²) in [5.41, 5.74) is 26.3. The molecule has 0 spiro atoms. The summed E-state index contributed by atoms with van der Waals surface area (Å²) < 4.78 is 7.26. The molecule has 0 saturated carbocycles. The second-order valence-corrected chi connectivity index (χ2v) is 40.4. The number of aromatic nitrogens is 7. The first-order chi connectivity index (χ1) is 60.3. The summed E-state index contributed by atoms with van der Waals surface area (Å²) >= 11 is 0. The fourth-order valence-corrected chi connectivity index (χ4v) is 31.5. The molecular weight excluding hydrogens is 1510 g/mol. The van der Waals surface area contributed by atoms with Gasteiger partial charge in [-0.2, -0.15) is 0 Å². The minimum atomic E-state index is -2.89. The summed E-state index contributed by atoms with van der Waals surface area (Å²) in [5, 5.41) is 17.9. The summed E-state index contributed by atoms with van der Waals surface area (Å²) in [6.45, 7) is 4.72. The van der Waals surface area contributed by atoms with E-state index < -0.39 is 16.1 Å².